The molecule has 0 fully saturated rings. The minimum atomic E-state index is -0.738. The Hall–Kier alpha value is -2.08. The summed E-state index contributed by atoms with van der Waals surface area (Å²) in [5.41, 5.74) is 0. The number of unbranched alkanes of at least 4 members (excludes halogenated alkanes) is 1. The largest absolute Gasteiger partial charge is 0.491 e. The number of methoxy groups -OCH3 is 1. The van der Waals surface area contributed by atoms with Crippen LogP contribution < -0.4 is 4.74 Å². The second kappa shape index (κ2) is 14.0. The number of ether oxygens (including phenoxy) is 2. The van der Waals surface area contributed by atoms with Crippen LogP contribution in [0.25, 0.3) is 0 Å². The molecule has 0 radical (unpaired) electrons. The van der Waals surface area contributed by atoms with Crippen LogP contribution >= 0.6 is 11.6 Å². The van der Waals surface area contributed by atoms with Crippen molar-refractivity contribution in [3.63, 3.8) is 0 Å². The molecular weight excluding hydrogens is 368 g/mol. The molecule has 1 aromatic rings. The highest BCUT2D eigenvalue weighted by atomic mass is 35.5. The summed E-state index contributed by atoms with van der Waals surface area (Å²) in [5, 5.41) is 20.2. The zero-order valence-electron chi connectivity index (χ0n) is 15.5. The van der Waals surface area contributed by atoms with Gasteiger partial charge in [0.05, 0.1) is 13.2 Å². The molecule has 0 aliphatic carbocycles. The third kappa shape index (κ3) is 12.0. The Morgan fingerprint density at radius 1 is 1.11 bits per heavy atom. The van der Waals surface area contributed by atoms with E-state index in [9.17, 15) is 15.0 Å². The van der Waals surface area contributed by atoms with Crippen LogP contribution in [0.3, 0.4) is 0 Å². The maximum Gasteiger partial charge on any atom is 0.305 e. The zero-order chi connectivity index (χ0) is 19.9. The van der Waals surface area contributed by atoms with E-state index in [1.807, 2.05) is 0 Å². The van der Waals surface area contributed by atoms with Crippen LogP contribution in [-0.4, -0.2) is 42.1 Å². The number of carbonyl (C=O) groups is 1. The number of rotatable bonds is 12. The quantitative estimate of drug-likeness (QED) is 0.320. The molecule has 0 saturated heterocycles. The predicted molar refractivity (Wildman–Crippen MR) is 107 cm³/mol. The van der Waals surface area contributed by atoms with E-state index in [1.54, 1.807) is 60.7 Å². The van der Waals surface area contributed by atoms with Crippen molar-refractivity contribution in [2.75, 3.05) is 13.7 Å². The second-order valence-corrected chi connectivity index (χ2v) is 6.32. The maximum absolute atomic E-state index is 11.0. The molecule has 2 atom stereocenters. The molecule has 0 aliphatic heterocycles. The van der Waals surface area contributed by atoms with E-state index >= 15 is 0 Å². The van der Waals surface area contributed by atoms with Crippen molar-refractivity contribution in [3.8, 4) is 5.75 Å². The summed E-state index contributed by atoms with van der Waals surface area (Å²) < 4.78 is 10.00. The molecule has 1 aromatic carbocycles. The molecule has 0 amide bonds. The topological polar surface area (TPSA) is 76.0 Å². The van der Waals surface area contributed by atoms with Crippen LogP contribution in [0, 0.1) is 0 Å². The molecule has 6 heteroatoms. The summed E-state index contributed by atoms with van der Waals surface area (Å²) in [6, 6.07) is 6.99. The number of esters is 1. The number of benzene rings is 1. The Bertz CT molecular complexity index is 639. The van der Waals surface area contributed by atoms with Gasteiger partial charge in [-0.25, -0.2) is 0 Å². The molecule has 0 aliphatic rings. The SMILES string of the molecule is COC(=O)CCCCC(O)C=CC=CC=CC(O)COc1cccc(Cl)c1. The Morgan fingerprint density at radius 3 is 2.48 bits per heavy atom. The van der Waals surface area contributed by atoms with E-state index in [2.05, 4.69) is 4.74 Å². The molecule has 5 nitrogen and oxygen atoms in total. The van der Waals surface area contributed by atoms with Crippen molar-refractivity contribution in [2.45, 2.75) is 37.9 Å². The molecule has 2 unspecified atom stereocenters. The van der Waals surface area contributed by atoms with Gasteiger partial charge < -0.3 is 19.7 Å². The fourth-order valence-corrected chi connectivity index (χ4v) is 2.31. The minimum Gasteiger partial charge on any atom is -0.491 e. The highest BCUT2D eigenvalue weighted by Crippen LogP contribution is 2.17. The first-order valence-corrected chi connectivity index (χ1v) is 9.22. The number of halogens is 1. The molecule has 0 aromatic heterocycles. The number of aliphatic hydroxyl groups excluding tert-OH is 2. The van der Waals surface area contributed by atoms with E-state index in [4.69, 9.17) is 16.3 Å². The average Bonchev–Trinajstić information content (AvgIpc) is 2.66. The Kier molecular flexibility index (Phi) is 11.9. The smallest absolute Gasteiger partial charge is 0.305 e. The third-order valence-electron chi connectivity index (χ3n) is 3.58. The number of aliphatic hydroxyl groups is 2. The molecule has 27 heavy (non-hydrogen) atoms. The van der Waals surface area contributed by atoms with Gasteiger partial charge in [0.15, 0.2) is 0 Å². The first kappa shape index (κ1) is 23.0. The second-order valence-electron chi connectivity index (χ2n) is 5.88. The molecule has 1 rings (SSSR count). The summed E-state index contributed by atoms with van der Waals surface area (Å²) in [7, 11) is 1.37. The highest BCUT2D eigenvalue weighted by molar-refractivity contribution is 6.30. The first-order valence-electron chi connectivity index (χ1n) is 8.84. The van der Waals surface area contributed by atoms with Crippen molar-refractivity contribution in [3.05, 3.63) is 65.7 Å². The summed E-state index contributed by atoms with van der Waals surface area (Å²) in [5.74, 6) is 0.379. The summed E-state index contributed by atoms with van der Waals surface area (Å²) in [6.07, 6.45) is 11.4. The van der Waals surface area contributed by atoms with Crippen molar-refractivity contribution >= 4 is 17.6 Å². The molecule has 0 spiro atoms. The van der Waals surface area contributed by atoms with E-state index in [-0.39, 0.29) is 12.6 Å². The lowest BCUT2D eigenvalue weighted by Gasteiger charge is -2.08. The summed E-state index contributed by atoms with van der Waals surface area (Å²) in [4.78, 5) is 11.0. The highest BCUT2D eigenvalue weighted by Gasteiger charge is 2.02. The number of allylic oxidation sites excluding steroid dienone is 4. The Labute approximate surface area is 165 Å². The van der Waals surface area contributed by atoms with Crippen LogP contribution in [-0.2, 0) is 9.53 Å². The minimum absolute atomic E-state index is 0.130. The van der Waals surface area contributed by atoms with Crippen LogP contribution in [0.2, 0.25) is 5.02 Å². The van der Waals surface area contributed by atoms with Gasteiger partial charge in [0.25, 0.3) is 0 Å². The Morgan fingerprint density at radius 2 is 1.81 bits per heavy atom. The maximum atomic E-state index is 11.0. The van der Waals surface area contributed by atoms with Crippen LogP contribution in [0.5, 0.6) is 5.75 Å². The van der Waals surface area contributed by atoms with Crippen LogP contribution in [0.4, 0.5) is 0 Å². The average molecular weight is 395 g/mol. The van der Waals surface area contributed by atoms with E-state index < -0.39 is 12.2 Å². The van der Waals surface area contributed by atoms with Crippen LogP contribution in [0.15, 0.2) is 60.7 Å². The molecule has 0 heterocycles. The van der Waals surface area contributed by atoms with Crippen molar-refractivity contribution in [1.82, 2.24) is 0 Å². The molecule has 0 saturated carbocycles. The van der Waals surface area contributed by atoms with E-state index in [0.29, 0.717) is 30.0 Å². The van der Waals surface area contributed by atoms with Gasteiger partial charge in [-0.3, -0.25) is 4.79 Å². The first-order chi connectivity index (χ1) is 13.0. The predicted octanol–water partition coefficient (Wildman–Crippen LogP) is 3.84. The lowest BCUT2D eigenvalue weighted by Crippen LogP contribution is -2.14. The lowest BCUT2D eigenvalue weighted by atomic mass is 10.1. The summed E-state index contributed by atoms with van der Waals surface area (Å²) >= 11 is 5.86. The van der Waals surface area contributed by atoms with Gasteiger partial charge in [0, 0.05) is 11.4 Å². The van der Waals surface area contributed by atoms with Crippen molar-refractivity contribution in [1.29, 1.82) is 0 Å². The lowest BCUT2D eigenvalue weighted by molar-refractivity contribution is -0.140. The van der Waals surface area contributed by atoms with Gasteiger partial charge in [-0.1, -0.05) is 54.1 Å². The Balaban J connectivity index is 2.18. The van der Waals surface area contributed by atoms with Crippen LogP contribution in [0.1, 0.15) is 25.7 Å². The normalized spacial score (nSPS) is 14.1. The fourth-order valence-electron chi connectivity index (χ4n) is 2.13. The molecule has 0 bridgehead atoms. The van der Waals surface area contributed by atoms with E-state index in [0.717, 1.165) is 6.42 Å². The monoisotopic (exact) mass is 394 g/mol. The third-order valence-corrected chi connectivity index (χ3v) is 3.81. The molecule has 148 valence electrons. The van der Waals surface area contributed by atoms with Gasteiger partial charge in [0.1, 0.15) is 18.5 Å². The van der Waals surface area contributed by atoms with E-state index in [1.165, 1.54) is 7.11 Å². The summed E-state index contributed by atoms with van der Waals surface area (Å²) in [6.45, 7) is 0.130. The number of hydrogen-bond acceptors (Lipinski definition) is 5. The van der Waals surface area contributed by atoms with Gasteiger partial charge in [0.2, 0.25) is 0 Å². The standard InChI is InChI=1S/C21H27ClO5/c1-26-21(25)14-7-6-11-18(23)10-4-2-3-5-12-19(24)16-27-20-13-8-9-17(22)15-20/h2-5,8-10,12-13,15,18-19,23-24H,6-7,11,14,16H2,1H3. The van der Waals surface area contributed by atoms with Gasteiger partial charge >= 0.3 is 5.97 Å². The van der Waals surface area contributed by atoms with Gasteiger partial charge in [-0.15, -0.1) is 0 Å². The van der Waals surface area contributed by atoms with Crippen molar-refractivity contribution < 1.29 is 24.5 Å². The number of carbonyl (C=O) groups excluding carboxylic acids is 1. The fraction of sp³-hybridized carbons (Fsp3) is 0.381. The number of hydrogen-bond donors (Lipinski definition) is 2. The van der Waals surface area contributed by atoms with Crippen molar-refractivity contribution in [2.24, 2.45) is 0 Å². The van der Waals surface area contributed by atoms with Gasteiger partial charge in [-0.2, -0.15) is 0 Å². The molecule has 2 N–H and O–H groups in total. The molecular formula is C21H27ClO5. The zero-order valence-corrected chi connectivity index (χ0v) is 16.2. The van der Waals surface area contributed by atoms with Gasteiger partial charge in [-0.05, 0) is 37.5 Å².